The lowest BCUT2D eigenvalue weighted by molar-refractivity contribution is 0.101. The van der Waals surface area contributed by atoms with Gasteiger partial charge in [0.2, 0.25) is 5.65 Å². The number of nitrogens with zero attached hydrogens (tertiary/aromatic N) is 4. The van der Waals surface area contributed by atoms with Crippen LogP contribution in [-0.4, -0.2) is 37.4 Å². The molecule has 0 amide bonds. The van der Waals surface area contributed by atoms with E-state index in [4.69, 9.17) is 9.84 Å². The van der Waals surface area contributed by atoms with Gasteiger partial charge < -0.3 is 9.84 Å². The van der Waals surface area contributed by atoms with Crippen molar-refractivity contribution in [3.05, 3.63) is 18.7 Å². The van der Waals surface area contributed by atoms with Crippen LogP contribution in [0.5, 0.6) is 5.88 Å². The van der Waals surface area contributed by atoms with Crippen molar-refractivity contribution in [2.24, 2.45) is 5.92 Å². The first-order chi connectivity index (χ1) is 8.86. The van der Waals surface area contributed by atoms with Crippen molar-refractivity contribution >= 4 is 5.65 Å². The first-order valence-electron chi connectivity index (χ1n) is 6.28. The maximum absolute atomic E-state index is 9.11. The van der Waals surface area contributed by atoms with Crippen LogP contribution in [0, 0.1) is 5.92 Å². The van der Waals surface area contributed by atoms with Crippen LogP contribution in [0.15, 0.2) is 18.7 Å². The molecule has 0 atom stereocenters. The molecule has 1 aliphatic rings. The molecule has 0 radical (unpaired) electrons. The molecular formula is C12H16N4O2. The van der Waals surface area contributed by atoms with Crippen LogP contribution in [0.2, 0.25) is 0 Å². The Kier molecular flexibility index (Phi) is 3.10. The van der Waals surface area contributed by atoms with E-state index in [1.807, 2.05) is 0 Å². The summed E-state index contributed by atoms with van der Waals surface area (Å²) >= 11 is 0. The second kappa shape index (κ2) is 4.89. The average Bonchev–Trinajstić information content (AvgIpc) is 2.89. The van der Waals surface area contributed by atoms with Gasteiger partial charge in [-0.05, 0) is 31.6 Å². The number of aliphatic hydroxyl groups excluding tert-OH is 1. The third-order valence-electron chi connectivity index (χ3n) is 3.51. The fourth-order valence-electron chi connectivity index (χ4n) is 2.41. The number of aromatic nitrogens is 4. The molecule has 1 fully saturated rings. The van der Waals surface area contributed by atoms with Crippen molar-refractivity contribution in [1.29, 1.82) is 0 Å². The van der Waals surface area contributed by atoms with E-state index < -0.39 is 0 Å². The molecule has 3 rings (SSSR count). The molecule has 6 heteroatoms. The molecule has 2 heterocycles. The van der Waals surface area contributed by atoms with Gasteiger partial charge in [0, 0.05) is 19.0 Å². The molecule has 1 N–H and O–H groups in total. The zero-order valence-corrected chi connectivity index (χ0v) is 10.1. The van der Waals surface area contributed by atoms with Crippen molar-refractivity contribution < 1.29 is 9.84 Å². The molecule has 18 heavy (non-hydrogen) atoms. The van der Waals surface area contributed by atoms with E-state index in [1.54, 1.807) is 23.1 Å². The van der Waals surface area contributed by atoms with E-state index in [2.05, 4.69) is 15.2 Å². The SMILES string of the molecule is OCC1CCC(Oc2nccn3cnnc23)CC1. The highest BCUT2D eigenvalue weighted by molar-refractivity contribution is 5.47. The summed E-state index contributed by atoms with van der Waals surface area (Å²) in [6.07, 6.45) is 9.23. The number of ether oxygens (including phenoxy) is 1. The van der Waals surface area contributed by atoms with E-state index in [1.165, 1.54) is 0 Å². The Balaban J connectivity index is 1.71. The van der Waals surface area contributed by atoms with Gasteiger partial charge in [-0.3, -0.25) is 4.40 Å². The van der Waals surface area contributed by atoms with Gasteiger partial charge in [-0.2, -0.15) is 0 Å². The Morgan fingerprint density at radius 1 is 1.33 bits per heavy atom. The lowest BCUT2D eigenvalue weighted by Crippen LogP contribution is -2.26. The molecule has 1 saturated carbocycles. The van der Waals surface area contributed by atoms with Crippen molar-refractivity contribution in [2.75, 3.05) is 6.61 Å². The lowest BCUT2D eigenvalue weighted by atomic mass is 9.88. The van der Waals surface area contributed by atoms with Crippen LogP contribution in [0.25, 0.3) is 5.65 Å². The highest BCUT2D eigenvalue weighted by Crippen LogP contribution is 2.27. The number of fused-ring (bicyclic) bond motifs is 1. The Morgan fingerprint density at radius 3 is 2.94 bits per heavy atom. The smallest absolute Gasteiger partial charge is 0.260 e. The normalized spacial score (nSPS) is 24.3. The predicted octanol–water partition coefficient (Wildman–Crippen LogP) is 1.05. The van der Waals surface area contributed by atoms with E-state index in [-0.39, 0.29) is 12.7 Å². The summed E-state index contributed by atoms with van der Waals surface area (Å²) < 4.78 is 7.70. The number of aliphatic hydroxyl groups is 1. The molecule has 2 aromatic heterocycles. The van der Waals surface area contributed by atoms with Gasteiger partial charge in [-0.25, -0.2) is 4.98 Å². The third-order valence-corrected chi connectivity index (χ3v) is 3.51. The van der Waals surface area contributed by atoms with Crippen LogP contribution in [0.1, 0.15) is 25.7 Å². The van der Waals surface area contributed by atoms with Crippen molar-refractivity contribution in [3.8, 4) is 5.88 Å². The monoisotopic (exact) mass is 248 g/mol. The quantitative estimate of drug-likeness (QED) is 0.879. The van der Waals surface area contributed by atoms with E-state index in [0.717, 1.165) is 25.7 Å². The first-order valence-corrected chi connectivity index (χ1v) is 6.28. The van der Waals surface area contributed by atoms with Crippen LogP contribution in [0.3, 0.4) is 0 Å². The molecule has 0 unspecified atom stereocenters. The van der Waals surface area contributed by atoms with Crippen molar-refractivity contribution in [1.82, 2.24) is 19.6 Å². The maximum Gasteiger partial charge on any atom is 0.260 e. The van der Waals surface area contributed by atoms with E-state index in [9.17, 15) is 0 Å². The molecule has 0 aromatic carbocycles. The molecule has 0 bridgehead atoms. The molecule has 0 spiro atoms. The second-order valence-corrected chi connectivity index (χ2v) is 4.74. The minimum Gasteiger partial charge on any atom is -0.472 e. The minimum absolute atomic E-state index is 0.170. The van der Waals surface area contributed by atoms with Crippen LogP contribution in [0.4, 0.5) is 0 Å². The molecule has 0 aliphatic heterocycles. The fourth-order valence-corrected chi connectivity index (χ4v) is 2.41. The summed E-state index contributed by atoms with van der Waals surface area (Å²) in [7, 11) is 0. The zero-order chi connectivity index (χ0) is 12.4. The Bertz CT molecular complexity index is 520. The lowest BCUT2D eigenvalue weighted by Gasteiger charge is -2.27. The maximum atomic E-state index is 9.11. The van der Waals surface area contributed by atoms with Gasteiger partial charge in [0.1, 0.15) is 12.4 Å². The minimum atomic E-state index is 0.170. The second-order valence-electron chi connectivity index (χ2n) is 4.74. The highest BCUT2D eigenvalue weighted by Gasteiger charge is 2.23. The van der Waals surface area contributed by atoms with Gasteiger partial charge in [-0.15, -0.1) is 10.2 Å². The molecule has 2 aromatic rings. The van der Waals surface area contributed by atoms with Gasteiger partial charge in [0.25, 0.3) is 5.88 Å². The van der Waals surface area contributed by atoms with Crippen LogP contribution >= 0.6 is 0 Å². The van der Waals surface area contributed by atoms with Crippen molar-refractivity contribution in [3.63, 3.8) is 0 Å². The average molecular weight is 248 g/mol. The topological polar surface area (TPSA) is 72.5 Å². The van der Waals surface area contributed by atoms with E-state index >= 15 is 0 Å². The van der Waals surface area contributed by atoms with Gasteiger partial charge in [0.05, 0.1) is 0 Å². The summed E-state index contributed by atoms with van der Waals surface area (Å²) in [6, 6.07) is 0. The zero-order valence-electron chi connectivity index (χ0n) is 10.1. The largest absolute Gasteiger partial charge is 0.472 e. The highest BCUT2D eigenvalue weighted by atomic mass is 16.5. The standard InChI is InChI=1S/C12H16N4O2/c17-7-9-1-3-10(4-2-9)18-12-11-15-14-8-16(11)6-5-13-12/h5-6,8-10,17H,1-4,7H2. The number of hydrogen-bond acceptors (Lipinski definition) is 5. The fraction of sp³-hybridized carbons (Fsp3) is 0.583. The summed E-state index contributed by atoms with van der Waals surface area (Å²) in [5, 5.41) is 16.9. The molecule has 0 saturated heterocycles. The Morgan fingerprint density at radius 2 is 2.17 bits per heavy atom. The summed E-state index contributed by atoms with van der Waals surface area (Å²) in [6.45, 7) is 0.282. The number of hydrogen-bond donors (Lipinski definition) is 1. The van der Waals surface area contributed by atoms with Gasteiger partial charge in [0.15, 0.2) is 0 Å². The summed E-state index contributed by atoms with van der Waals surface area (Å²) in [5.41, 5.74) is 0.654. The van der Waals surface area contributed by atoms with Crippen molar-refractivity contribution in [2.45, 2.75) is 31.8 Å². The number of rotatable bonds is 3. The Hall–Kier alpha value is -1.69. The molecule has 96 valence electrons. The van der Waals surface area contributed by atoms with Gasteiger partial charge >= 0.3 is 0 Å². The van der Waals surface area contributed by atoms with Crippen LogP contribution in [-0.2, 0) is 0 Å². The molecular weight excluding hydrogens is 232 g/mol. The molecule has 1 aliphatic carbocycles. The Labute approximate surface area is 105 Å². The van der Waals surface area contributed by atoms with Gasteiger partial charge in [-0.1, -0.05) is 0 Å². The summed E-state index contributed by atoms with van der Waals surface area (Å²) in [4.78, 5) is 4.22. The predicted molar refractivity (Wildman–Crippen MR) is 64.2 cm³/mol. The molecule has 6 nitrogen and oxygen atoms in total. The van der Waals surface area contributed by atoms with E-state index in [0.29, 0.717) is 17.4 Å². The van der Waals surface area contributed by atoms with Crippen LogP contribution < -0.4 is 4.74 Å². The first kappa shape index (κ1) is 11.4. The summed E-state index contributed by atoms with van der Waals surface area (Å²) in [5.74, 6) is 0.976. The third kappa shape index (κ3) is 2.15.